The second kappa shape index (κ2) is 3.64. The van der Waals surface area contributed by atoms with Crippen molar-refractivity contribution < 1.29 is 0 Å². The lowest BCUT2D eigenvalue weighted by Crippen LogP contribution is -1.80. The fourth-order valence-corrected chi connectivity index (χ4v) is 1.50. The summed E-state index contributed by atoms with van der Waals surface area (Å²) in [6.45, 7) is 1.95. The predicted octanol–water partition coefficient (Wildman–Crippen LogP) is 3.69. The van der Waals surface area contributed by atoms with E-state index in [1.807, 2.05) is 13.0 Å². The van der Waals surface area contributed by atoms with Crippen molar-refractivity contribution in [2.45, 2.75) is 6.92 Å². The SMILES string of the molecule is Cc1cnc(-c2ccc(Cl)c(Cl)c2)[nH]1. The molecule has 1 heterocycles. The Kier molecular flexibility index (Phi) is 2.48. The number of rotatable bonds is 1. The monoisotopic (exact) mass is 226 g/mol. The molecule has 1 N–H and O–H groups in total. The first-order chi connectivity index (χ1) is 6.66. The molecule has 2 rings (SSSR count). The first kappa shape index (κ1) is 9.56. The Balaban J connectivity index is 2.47. The summed E-state index contributed by atoms with van der Waals surface area (Å²) >= 11 is 11.7. The van der Waals surface area contributed by atoms with Gasteiger partial charge in [0.15, 0.2) is 0 Å². The zero-order valence-corrected chi connectivity index (χ0v) is 9.02. The van der Waals surface area contributed by atoms with Crippen LogP contribution in [0.15, 0.2) is 24.4 Å². The van der Waals surface area contributed by atoms with Crippen LogP contribution in [0.1, 0.15) is 5.69 Å². The van der Waals surface area contributed by atoms with E-state index in [-0.39, 0.29) is 0 Å². The molecule has 0 bridgehead atoms. The Morgan fingerprint density at radius 1 is 1.21 bits per heavy atom. The Bertz CT molecular complexity index is 463. The molecule has 0 saturated heterocycles. The average Bonchev–Trinajstić information content (AvgIpc) is 2.57. The lowest BCUT2D eigenvalue weighted by Gasteiger charge is -1.99. The summed E-state index contributed by atoms with van der Waals surface area (Å²) in [6, 6.07) is 5.44. The summed E-state index contributed by atoms with van der Waals surface area (Å²) < 4.78 is 0. The number of aromatic nitrogens is 2. The van der Waals surface area contributed by atoms with Gasteiger partial charge in [-0.25, -0.2) is 4.98 Å². The summed E-state index contributed by atoms with van der Waals surface area (Å²) in [5.41, 5.74) is 1.96. The fraction of sp³-hybridized carbons (Fsp3) is 0.100. The molecule has 0 radical (unpaired) electrons. The maximum Gasteiger partial charge on any atom is 0.137 e. The number of nitrogens with one attached hydrogen (secondary N) is 1. The molecule has 4 heteroatoms. The van der Waals surface area contributed by atoms with Gasteiger partial charge in [-0.2, -0.15) is 0 Å². The fourth-order valence-electron chi connectivity index (χ4n) is 1.20. The number of benzene rings is 1. The summed E-state index contributed by atoms with van der Waals surface area (Å²) in [4.78, 5) is 7.33. The van der Waals surface area contributed by atoms with Crippen molar-refractivity contribution in [1.29, 1.82) is 0 Å². The molecule has 72 valence electrons. The topological polar surface area (TPSA) is 28.7 Å². The Morgan fingerprint density at radius 2 is 2.00 bits per heavy atom. The minimum absolute atomic E-state index is 0.540. The molecule has 0 unspecified atom stereocenters. The van der Waals surface area contributed by atoms with Gasteiger partial charge in [0.05, 0.1) is 10.0 Å². The van der Waals surface area contributed by atoms with Crippen LogP contribution in [0.2, 0.25) is 10.0 Å². The van der Waals surface area contributed by atoms with Gasteiger partial charge in [0.25, 0.3) is 0 Å². The third-order valence-electron chi connectivity index (χ3n) is 1.90. The number of nitrogens with zero attached hydrogens (tertiary/aromatic N) is 1. The van der Waals surface area contributed by atoms with E-state index in [2.05, 4.69) is 9.97 Å². The maximum atomic E-state index is 5.90. The van der Waals surface area contributed by atoms with Gasteiger partial charge in [-0.3, -0.25) is 0 Å². The second-order valence-corrected chi connectivity index (χ2v) is 3.86. The highest BCUT2D eigenvalue weighted by Crippen LogP contribution is 2.26. The molecular formula is C10H8Cl2N2. The molecule has 0 fully saturated rings. The van der Waals surface area contributed by atoms with E-state index >= 15 is 0 Å². The highest BCUT2D eigenvalue weighted by atomic mass is 35.5. The van der Waals surface area contributed by atoms with Crippen LogP contribution in [0, 0.1) is 6.92 Å². The Morgan fingerprint density at radius 3 is 2.57 bits per heavy atom. The van der Waals surface area contributed by atoms with Gasteiger partial charge in [0.1, 0.15) is 5.82 Å². The number of aryl methyl sites for hydroxylation is 1. The van der Waals surface area contributed by atoms with Crippen LogP contribution in [0.3, 0.4) is 0 Å². The highest BCUT2D eigenvalue weighted by Gasteiger charge is 2.04. The van der Waals surface area contributed by atoms with Crippen molar-refractivity contribution in [3.63, 3.8) is 0 Å². The standard InChI is InChI=1S/C10H8Cl2N2/c1-6-5-13-10(14-6)7-2-3-8(11)9(12)4-7/h2-5H,1H3,(H,13,14). The van der Waals surface area contributed by atoms with Crippen molar-refractivity contribution >= 4 is 23.2 Å². The van der Waals surface area contributed by atoms with Gasteiger partial charge in [0, 0.05) is 17.5 Å². The first-order valence-electron chi connectivity index (χ1n) is 4.14. The average molecular weight is 227 g/mol. The molecule has 0 spiro atoms. The van der Waals surface area contributed by atoms with Gasteiger partial charge in [-0.1, -0.05) is 23.2 Å². The third-order valence-corrected chi connectivity index (χ3v) is 2.63. The first-order valence-corrected chi connectivity index (χ1v) is 4.89. The van der Waals surface area contributed by atoms with Crippen molar-refractivity contribution in [2.24, 2.45) is 0 Å². The molecule has 0 aliphatic rings. The molecule has 2 nitrogen and oxygen atoms in total. The van der Waals surface area contributed by atoms with Crippen LogP contribution in [0.25, 0.3) is 11.4 Å². The van der Waals surface area contributed by atoms with Gasteiger partial charge < -0.3 is 4.98 Å². The van der Waals surface area contributed by atoms with Gasteiger partial charge >= 0.3 is 0 Å². The number of imidazole rings is 1. The summed E-state index contributed by atoms with van der Waals surface area (Å²) in [5, 5.41) is 1.09. The zero-order chi connectivity index (χ0) is 10.1. The molecule has 0 atom stereocenters. The largest absolute Gasteiger partial charge is 0.342 e. The van der Waals surface area contributed by atoms with E-state index in [0.29, 0.717) is 10.0 Å². The van der Waals surface area contributed by atoms with Crippen molar-refractivity contribution in [3.05, 3.63) is 40.1 Å². The van der Waals surface area contributed by atoms with E-state index in [0.717, 1.165) is 17.1 Å². The Hall–Kier alpha value is -0.990. The number of halogens is 2. The maximum absolute atomic E-state index is 5.90. The molecular weight excluding hydrogens is 219 g/mol. The van der Waals surface area contributed by atoms with Gasteiger partial charge in [-0.05, 0) is 25.1 Å². The number of H-pyrrole nitrogens is 1. The van der Waals surface area contributed by atoms with E-state index in [4.69, 9.17) is 23.2 Å². The zero-order valence-electron chi connectivity index (χ0n) is 7.51. The van der Waals surface area contributed by atoms with E-state index in [1.54, 1.807) is 18.3 Å². The minimum atomic E-state index is 0.540. The van der Waals surface area contributed by atoms with Crippen LogP contribution in [0.5, 0.6) is 0 Å². The van der Waals surface area contributed by atoms with Crippen molar-refractivity contribution in [2.75, 3.05) is 0 Å². The second-order valence-electron chi connectivity index (χ2n) is 3.04. The molecule has 0 aliphatic carbocycles. The highest BCUT2D eigenvalue weighted by molar-refractivity contribution is 6.42. The predicted molar refractivity (Wildman–Crippen MR) is 58.8 cm³/mol. The van der Waals surface area contributed by atoms with E-state index < -0.39 is 0 Å². The molecule has 0 saturated carbocycles. The molecule has 1 aromatic carbocycles. The van der Waals surface area contributed by atoms with Crippen LogP contribution in [-0.4, -0.2) is 9.97 Å². The number of hydrogen-bond acceptors (Lipinski definition) is 1. The van der Waals surface area contributed by atoms with Crippen molar-refractivity contribution in [3.8, 4) is 11.4 Å². The van der Waals surface area contributed by atoms with Crippen LogP contribution >= 0.6 is 23.2 Å². The van der Waals surface area contributed by atoms with Gasteiger partial charge in [0.2, 0.25) is 0 Å². The lowest BCUT2D eigenvalue weighted by atomic mass is 10.2. The summed E-state index contributed by atoms with van der Waals surface area (Å²) in [7, 11) is 0. The van der Waals surface area contributed by atoms with Crippen molar-refractivity contribution in [1.82, 2.24) is 9.97 Å². The van der Waals surface area contributed by atoms with Crippen LogP contribution in [-0.2, 0) is 0 Å². The molecule has 1 aromatic heterocycles. The molecule has 2 aromatic rings. The quantitative estimate of drug-likeness (QED) is 0.790. The summed E-state index contributed by atoms with van der Waals surface area (Å²) in [5.74, 6) is 0.807. The smallest absolute Gasteiger partial charge is 0.137 e. The minimum Gasteiger partial charge on any atom is -0.342 e. The Labute approximate surface area is 91.9 Å². The summed E-state index contributed by atoms with van der Waals surface area (Å²) in [6.07, 6.45) is 1.78. The normalized spacial score (nSPS) is 10.5. The molecule has 0 aliphatic heterocycles. The lowest BCUT2D eigenvalue weighted by molar-refractivity contribution is 1.26. The molecule has 0 amide bonds. The van der Waals surface area contributed by atoms with Gasteiger partial charge in [-0.15, -0.1) is 0 Å². The third kappa shape index (κ3) is 1.76. The van der Waals surface area contributed by atoms with Crippen LogP contribution in [0.4, 0.5) is 0 Å². The van der Waals surface area contributed by atoms with E-state index in [1.165, 1.54) is 0 Å². The van der Waals surface area contributed by atoms with Crippen LogP contribution < -0.4 is 0 Å². The number of aromatic amines is 1. The van der Waals surface area contributed by atoms with E-state index in [9.17, 15) is 0 Å². The molecule has 14 heavy (non-hydrogen) atoms. The number of hydrogen-bond donors (Lipinski definition) is 1.